The molecule has 0 spiro atoms. The number of carbonyl (C=O) groups is 1. The van der Waals surface area contributed by atoms with Crippen LogP contribution in [0.1, 0.15) is 10.4 Å². The van der Waals surface area contributed by atoms with Crippen LogP contribution >= 0.6 is 0 Å². The van der Waals surface area contributed by atoms with Crippen molar-refractivity contribution >= 4 is 16.4 Å². The molecule has 0 heterocycles. The highest BCUT2D eigenvalue weighted by Gasteiger charge is 2.29. The molecule has 19 heavy (non-hydrogen) atoms. The highest BCUT2D eigenvalue weighted by atomic mass is 28.2. The van der Waals surface area contributed by atoms with Crippen LogP contribution in [0.2, 0.25) is 0 Å². The van der Waals surface area contributed by atoms with Gasteiger partial charge in [-0.1, -0.05) is 0 Å². The van der Waals surface area contributed by atoms with Gasteiger partial charge in [-0.3, -0.25) is 4.79 Å². The standard InChI is InChI=1S/C9H8F5NO3Si/c10-4-3(9(17)15-1-2(16)18-19)5(11)7(13)8(14)6(4)12/h2,16H,1H2,19H3,(H,15,17). The van der Waals surface area contributed by atoms with E-state index in [9.17, 15) is 26.7 Å². The molecule has 1 aromatic rings. The molecule has 1 aromatic carbocycles. The zero-order valence-corrected chi connectivity index (χ0v) is 11.4. The first-order valence-electron chi connectivity index (χ1n) is 4.81. The number of benzene rings is 1. The van der Waals surface area contributed by atoms with Crippen LogP contribution in [0.25, 0.3) is 0 Å². The average molecular weight is 301 g/mol. The highest BCUT2D eigenvalue weighted by Crippen LogP contribution is 2.22. The van der Waals surface area contributed by atoms with Gasteiger partial charge in [-0.25, -0.2) is 22.0 Å². The zero-order valence-electron chi connectivity index (χ0n) is 9.44. The molecule has 0 radical (unpaired) electrons. The van der Waals surface area contributed by atoms with Crippen molar-refractivity contribution in [2.24, 2.45) is 0 Å². The molecule has 0 aromatic heterocycles. The second kappa shape index (κ2) is 6.08. The van der Waals surface area contributed by atoms with Gasteiger partial charge >= 0.3 is 0 Å². The van der Waals surface area contributed by atoms with E-state index in [-0.39, 0.29) is 10.5 Å². The molecule has 0 bridgehead atoms. The smallest absolute Gasteiger partial charge is 0.257 e. The number of aliphatic hydroxyl groups excluding tert-OH is 1. The van der Waals surface area contributed by atoms with Crippen LogP contribution in [-0.4, -0.2) is 34.3 Å². The summed E-state index contributed by atoms with van der Waals surface area (Å²) in [6, 6.07) is 0. The number of hydrogen-bond acceptors (Lipinski definition) is 3. The lowest BCUT2D eigenvalue weighted by molar-refractivity contribution is -0.00857. The van der Waals surface area contributed by atoms with Gasteiger partial charge in [0.1, 0.15) is 16.0 Å². The van der Waals surface area contributed by atoms with Crippen LogP contribution in [-0.2, 0) is 4.43 Å². The number of amides is 1. The van der Waals surface area contributed by atoms with E-state index in [0.29, 0.717) is 0 Å². The predicted molar refractivity (Wildman–Crippen MR) is 55.6 cm³/mol. The van der Waals surface area contributed by atoms with Crippen LogP contribution < -0.4 is 5.32 Å². The van der Waals surface area contributed by atoms with Gasteiger partial charge in [-0.05, 0) is 0 Å². The summed E-state index contributed by atoms with van der Waals surface area (Å²) >= 11 is 0. The quantitative estimate of drug-likeness (QED) is 0.265. The fourth-order valence-corrected chi connectivity index (χ4v) is 1.32. The van der Waals surface area contributed by atoms with E-state index in [1.165, 1.54) is 0 Å². The molecule has 1 amide bonds. The number of hydrogen-bond donors (Lipinski definition) is 2. The number of aliphatic hydroxyl groups is 1. The molecule has 1 unspecified atom stereocenters. The minimum Gasteiger partial charge on any atom is -0.403 e. The number of rotatable bonds is 4. The van der Waals surface area contributed by atoms with E-state index in [1.807, 2.05) is 0 Å². The maximum atomic E-state index is 13.2. The molecule has 2 N–H and O–H groups in total. The van der Waals surface area contributed by atoms with E-state index >= 15 is 0 Å². The Morgan fingerprint density at radius 1 is 1.11 bits per heavy atom. The average Bonchev–Trinajstić information content (AvgIpc) is 2.40. The minimum atomic E-state index is -2.35. The van der Waals surface area contributed by atoms with Gasteiger partial charge in [0.15, 0.2) is 29.6 Å². The third-order valence-electron chi connectivity index (χ3n) is 2.15. The van der Waals surface area contributed by atoms with E-state index < -0.39 is 53.4 Å². The monoisotopic (exact) mass is 301 g/mol. The summed E-state index contributed by atoms with van der Waals surface area (Å²) in [6.45, 7) is -0.554. The molecule has 1 rings (SSSR count). The molecular formula is C9H8F5NO3Si. The number of nitrogens with one attached hydrogen (secondary N) is 1. The van der Waals surface area contributed by atoms with E-state index in [2.05, 4.69) is 4.43 Å². The Balaban J connectivity index is 3.10. The maximum absolute atomic E-state index is 13.2. The molecule has 0 aliphatic heterocycles. The lowest BCUT2D eigenvalue weighted by atomic mass is 10.1. The first kappa shape index (κ1) is 15.5. The first-order valence-corrected chi connectivity index (χ1v) is 5.63. The summed E-state index contributed by atoms with van der Waals surface area (Å²) in [4.78, 5) is 11.3. The van der Waals surface area contributed by atoms with E-state index in [4.69, 9.17) is 5.11 Å². The van der Waals surface area contributed by atoms with Crippen molar-refractivity contribution in [3.63, 3.8) is 0 Å². The second-order valence-electron chi connectivity index (χ2n) is 3.35. The molecule has 4 nitrogen and oxygen atoms in total. The summed E-state index contributed by atoms with van der Waals surface area (Å²) in [7, 11) is 0.127. The van der Waals surface area contributed by atoms with Gasteiger partial charge in [0.05, 0.1) is 6.54 Å². The Morgan fingerprint density at radius 3 is 1.95 bits per heavy atom. The van der Waals surface area contributed by atoms with Crippen molar-refractivity contribution in [3.8, 4) is 0 Å². The number of halogens is 5. The van der Waals surface area contributed by atoms with Gasteiger partial charge in [0.25, 0.3) is 5.91 Å². The third kappa shape index (κ3) is 3.08. The molecule has 0 saturated heterocycles. The Hall–Kier alpha value is -1.52. The van der Waals surface area contributed by atoms with Crippen LogP contribution in [0.15, 0.2) is 0 Å². The fraction of sp³-hybridized carbons (Fsp3) is 0.222. The summed E-state index contributed by atoms with van der Waals surface area (Å²) in [5.74, 6) is -12.8. The van der Waals surface area contributed by atoms with Gasteiger partial charge in [0.2, 0.25) is 5.82 Å². The second-order valence-corrected chi connectivity index (χ2v) is 3.82. The largest absolute Gasteiger partial charge is 0.403 e. The van der Waals surface area contributed by atoms with Crippen LogP contribution in [0.4, 0.5) is 22.0 Å². The molecule has 0 aliphatic carbocycles. The molecular weight excluding hydrogens is 293 g/mol. The number of carbonyl (C=O) groups excluding carboxylic acids is 1. The first-order chi connectivity index (χ1) is 8.81. The maximum Gasteiger partial charge on any atom is 0.257 e. The van der Waals surface area contributed by atoms with Crippen molar-refractivity contribution < 1.29 is 36.3 Å². The Kier molecular flexibility index (Phi) is 4.97. The van der Waals surface area contributed by atoms with Crippen molar-refractivity contribution in [1.29, 1.82) is 0 Å². The van der Waals surface area contributed by atoms with Gasteiger partial charge in [-0.15, -0.1) is 0 Å². The predicted octanol–water partition coefficient (Wildman–Crippen LogP) is -0.273. The summed E-state index contributed by atoms with van der Waals surface area (Å²) < 4.78 is 69.2. The third-order valence-corrected chi connectivity index (χ3v) is 2.69. The molecule has 0 aliphatic rings. The fourth-order valence-electron chi connectivity index (χ4n) is 1.16. The Labute approximate surface area is 106 Å². The minimum absolute atomic E-state index is 0.127. The van der Waals surface area contributed by atoms with Gasteiger partial charge in [0, 0.05) is 0 Å². The Morgan fingerprint density at radius 2 is 1.53 bits per heavy atom. The summed E-state index contributed by atoms with van der Waals surface area (Å²) in [6.07, 6.45) is -1.42. The lowest BCUT2D eigenvalue weighted by Crippen LogP contribution is -2.34. The molecule has 10 heteroatoms. The van der Waals surface area contributed by atoms with Gasteiger partial charge in [-0.2, -0.15) is 0 Å². The molecule has 106 valence electrons. The molecule has 0 fully saturated rings. The van der Waals surface area contributed by atoms with Crippen LogP contribution in [0.5, 0.6) is 0 Å². The zero-order chi connectivity index (χ0) is 14.7. The van der Waals surface area contributed by atoms with E-state index in [0.717, 1.165) is 0 Å². The van der Waals surface area contributed by atoms with Crippen molar-refractivity contribution in [3.05, 3.63) is 34.6 Å². The summed E-state index contributed by atoms with van der Waals surface area (Å²) in [5.41, 5.74) is -1.61. The van der Waals surface area contributed by atoms with Crippen LogP contribution in [0.3, 0.4) is 0 Å². The highest BCUT2D eigenvalue weighted by molar-refractivity contribution is 5.98. The van der Waals surface area contributed by atoms with Crippen LogP contribution in [0, 0.1) is 29.1 Å². The summed E-state index contributed by atoms with van der Waals surface area (Å²) in [5, 5.41) is 10.7. The van der Waals surface area contributed by atoms with Gasteiger partial charge < -0.3 is 14.8 Å². The SMILES string of the molecule is O=C(NCC(O)O[SiH3])c1c(F)c(F)c(F)c(F)c1F. The van der Waals surface area contributed by atoms with Crippen molar-refractivity contribution in [2.75, 3.05) is 6.54 Å². The Bertz CT molecular complexity index is 484. The molecule has 0 saturated carbocycles. The van der Waals surface area contributed by atoms with Crippen molar-refractivity contribution in [2.45, 2.75) is 6.29 Å². The topological polar surface area (TPSA) is 58.6 Å². The lowest BCUT2D eigenvalue weighted by Gasteiger charge is -2.12. The van der Waals surface area contributed by atoms with E-state index in [1.54, 1.807) is 5.32 Å². The normalized spacial score (nSPS) is 12.5. The van der Waals surface area contributed by atoms with Crippen molar-refractivity contribution in [1.82, 2.24) is 5.32 Å². The molecule has 1 atom stereocenters.